The Balaban J connectivity index is 1.68. The molecule has 6 nitrogen and oxygen atoms in total. The minimum Gasteiger partial charge on any atom is -0.340 e. The molecule has 2 aromatic heterocycles. The lowest BCUT2D eigenvalue weighted by molar-refractivity contribution is 0.628. The summed E-state index contributed by atoms with van der Waals surface area (Å²) in [6.07, 6.45) is 0. The number of aromatic nitrogens is 4. The summed E-state index contributed by atoms with van der Waals surface area (Å²) in [7, 11) is 0. The Bertz CT molecular complexity index is 1160. The molecule has 0 unspecified atom stereocenters. The molecule has 27 heavy (non-hydrogen) atoms. The fourth-order valence-corrected chi connectivity index (χ4v) is 2.89. The minimum absolute atomic E-state index is 0.232. The summed E-state index contributed by atoms with van der Waals surface area (Å²) in [5.74, 6) is 0.553. The van der Waals surface area contributed by atoms with Crippen LogP contribution in [0.2, 0.25) is 0 Å². The highest BCUT2D eigenvalue weighted by molar-refractivity contribution is 5.58. The van der Waals surface area contributed by atoms with E-state index in [0.717, 1.165) is 11.1 Å². The Hall–Kier alpha value is -3.48. The molecule has 4 rings (SSSR count). The summed E-state index contributed by atoms with van der Waals surface area (Å²) in [4.78, 5) is 17.1. The van der Waals surface area contributed by atoms with Gasteiger partial charge < -0.3 is 5.32 Å². The van der Waals surface area contributed by atoms with Crippen molar-refractivity contribution in [2.45, 2.75) is 20.4 Å². The van der Waals surface area contributed by atoms with Crippen molar-refractivity contribution in [2.24, 2.45) is 0 Å². The third-order valence-electron chi connectivity index (χ3n) is 4.31. The number of nitrogens with zero attached hydrogens (tertiary/aromatic N) is 4. The Morgan fingerprint density at radius 3 is 2.44 bits per heavy atom. The largest absolute Gasteiger partial charge is 0.352 e. The molecule has 0 amide bonds. The molecule has 0 aliphatic rings. The van der Waals surface area contributed by atoms with Crippen molar-refractivity contribution >= 4 is 17.3 Å². The van der Waals surface area contributed by atoms with E-state index in [9.17, 15) is 9.18 Å². The van der Waals surface area contributed by atoms with Gasteiger partial charge in [0.15, 0.2) is 0 Å². The van der Waals surface area contributed by atoms with Crippen molar-refractivity contribution in [2.75, 3.05) is 5.32 Å². The van der Waals surface area contributed by atoms with Crippen LogP contribution in [0.1, 0.15) is 16.8 Å². The van der Waals surface area contributed by atoms with Crippen LogP contribution in [0.5, 0.6) is 0 Å². The average Bonchev–Trinajstić information content (AvgIpc) is 2.95. The summed E-state index contributed by atoms with van der Waals surface area (Å²) in [5, 5.41) is 7.47. The van der Waals surface area contributed by atoms with Gasteiger partial charge in [0.1, 0.15) is 11.6 Å². The molecule has 4 aromatic rings. The minimum atomic E-state index is -0.304. The molecule has 2 heterocycles. The first kappa shape index (κ1) is 17.0. The number of fused-ring (bicyclic) bond motifs is 1. The number of nitrogens with one attached hydrogen (secondary N) is 1. The van der Waals surface area contributed by atoms with Gasteiger partial charge in [0.25, 0.3) is 5.78 Å². The molecule has 0 radical (unpaired) electrons. The fraction of sp³-hybridized carbons (Fsp3) is 0.150. The predicted molar refractivity (Wildman–Crippen MR) is 102 cm³/mol. The second-order valence-corrected chi connectivity index (χ2v) is 6.48. The zero-order chi connectivity index (χ0) is 19.0. The second-order valence-electron chi connectivity index (χ2n) is 6.48. The molecular formula is C20H18FN5O. The van der Waals surface area contributed by atoms with Crippen LogP contribution in [-0.2, 0) is 6.54 Å². The van der Waals surface area contributed by atoms with Gasteiger partial charge >= 0.3 is 5.69 Å². The average molecular weight is 363 g/mol. The monoisotopic (exact) mass is 363 g/mol. The van der Waals surface area contributed by atoms with Crippen molar-refractivity contribution < 1.29 is 4.39 Å². The molecule has 0 fully saturated rings. The van der Waals surface area contributed by atoms with Gasteiger partial charge in [-0.2, -0.15) is 4.98 Å². The Labute approximate surface area is 154 Å². The zero-order valence-electron chi connectivity index (χ0n) is 15.0. The molecule has 0 aliphatic heterocycles. The number of hydrogen-bond acceptors (Lipinski definition) is 4. The van der Waals surface area contributed by atoms with Crippen LogP contribution in [0.15, 0.2) is 59.4 Å². The third-order valence-corrected chi connectivity index (χ3v) is 4.31. The maximum atomic E-state index is 13.1. The van der Waals surface area contributed by atoms with Crippen molar-refractivity contribution in [3.8, 4) is 0 Å². The first-order valence-electron chi connectivity index (χ1n) is 8.55. The van der Waals surface area contributed by atoms with E-state index < -0.39 is 0 Å². The highest BCUT2D eigenvalue weighted by atomic mass is 19.1. The zero-order valence-corrected chi connectivity index (χ0v) is 15.0. The van der Waals surface area contributed by atoms with E-state index in [1.54, 1.807) is 18.2 Å². The van der Waals surface area contributed by atoms with E-state index in [4.69, 9.17) is 0 Å². The maximum Gasteiger partial charge on any atom is 0.352 e. The number of aryl methyl sites for hydroxylation is 2. The van der Waals surface area contributed by atoms with Crippen LogP contribution in [0, 0.1) is 19.7 Å². The lowest BCUT2D eigenvalue weighted by Gasteiger charge is -2.06. The van der Waals surface area contributed by atoms with Gasteiger partial charge in [0.05, 0.1) is 6.54 Å². The number of halogens is 1. The van der Waals surface area contributed by atoms with Crippen LogP contribution >= 0.6 is 0 Å². The molecule has 2 aromatic carbocycles. The number of rotatable bonds is 4. The van der Waals surface area contributed by atoms with Crippen molar-refractivity contribution in [3.05, 3.63) is 87.7 Å². The van der Waals surface area contributed by atoms with Crippen LogP contribution in [0.4, 0.5) is 15.9 Å². The molecule has 136 valence electrons. The predicted octanol–water partition coefficient (Wildman–Crippen LogP) is 3.44. The quantitative estimate of drug-likeness (QED) is 0.603. The smallest absolute Gasteiger partial charge is 0.340 e. The van der Waals surface area contributed by atoms with Gasteiger partial charge in [-0.15, -0.1) is 5.10 Å². The number of hydrogen-bond donors (Lipinski definition) is 1. The van der Waals surface area contributed by atoms with E-state index in [1.165, 1.54) is 21.2 Å². The van der Waals surface area contributed by atoms with Crippen LogP contribution in [-0.4, -0.2) is 19.2 Å². The highest BCUT2D eigenvalue weighted by Gasteiger charge is 2.12. The highest BCUT2D eigenvalue weighted by Crippen LogP contribution is 2.16. The van der Waals surface area contributed by atoms with Gasteiger partial charge in [0.2, 0.25) is 0 Å². The summed E-state index contributed by atoms with van der Waals surface area (Å²) >= 11 is 0. The van der Waals surface area contributed by atoms with Gasteiger partial charge in [-0.1, -0.05) is 29.8 Å². The van der Waals surface area contributed by atoms with E-state index in [-0.39, 0.29) is 11.5 Å². The molecule has 0 spiro atoms. The van der Waals surface area contributed by atoms with Gasteiger partial charge in [-0.05, 0) is 43.7 Å². The summed E-state index contributed by atoms with van der Waals surface area (Å²) in [6, 6.07) is 15.7. The van der Waals surface area contributed by atoms with Gasteiger partial charge in [-0.3, -0.25) is 0 Å². The second kappa shape index (κ2) is 6.68. The Morgan fingerprint density at radius 2 is 1.74 bits per heavy atom. The maximum absolute atomic E-state index is 13.1. The number of anilines is 2. The topological polar surface area (TPSA) is 64.2 Å². The molecule has 1 N–H and O–H groups in total. The van der Waals surface area contributed by atoms with E-state index in [1.807, 2.05) is 38.1 Å². The van der Waals surface area contributed by atoms with E-state index >= 15 is 0 Å². The first-order valence-corrected chi connectivity index (χ1v) is 8.55. The Morgan fingerprint density at radius 1 is 1.04 bits per heavy atom. The van der Waals surface area contributed by atoms with Crippen molar-refractivity contribution in [1.29, 1.82) is 0 Å². The number of benzene rings is 2. The van der Waals surface area contributed by atoms with Crippen LogP contribution in [0.25, 0.3) is 5.78 Å². The third kappa shape index (κ3) is 3.44. The Kier molecular flexibility index (Phi) is 4.19. The van der Waals surface area contributed by atoms with Gasteiger partial charge in [0, 0.05) is 17.4 Å². The lowest BCUT2D eigenvalue weighted by Crippen LogP contribution is -2.22. The van der Waals surface area contributed by atoms with Crippen LogP contribution < -0.4 is 11.0 Å². The molecule has 0 bridgehead atoms. The fourth-order valence-electron chi connectivity index (χ4n) is 2.89. The van der Waals surface area contributed by atoms with E-state index in [2.05, 4.69) is 15.4 Å². The standard InChI is InChI=1S/C20H18FN5O/c1-13-3-5-15(6-4-13)12-25-20(27)26-14(2)11-18(23-19(26)24-25)22-17-9-7-16(21)8-10-17/h3-11H,12H2,1-2H3,(H,22,23,24). The van der Waals surface area contributed by atoms with Crippen LogP contribution in [0.3, 0.4) is 0 Å². The SMILES string of the molecule is Cc1ccc(Cn2nc3nc(Nc4ccc(F)cc4)cc(C)n3c2=O)cc1. The molecule has 0 atom stereocenters. The molecule has 0 saturated heterocycles. The van der Waals surface area contributed by atoms with Crippen molar-refractivity contribution in [1.82, 2.24) is 19.2 Å². The molecule has 7 heteroatoms. The van der Waals surface area contributed by atoms with Crippen molar-refractivity contribution in [3.63, 3.8) is 0 Å². The lowest BCUT2D eigenvalue weighted by atomic mass is 10.1. The molecule has 0 saturated carbocycles. The first-order chi connectivity index (χ1) is 13.0. The molecule has 0 aliphatic carbocycles. The molecular weight excluding hydrogens is 345 g/mol. The van der Waals surface area contributed by atoms with Gasteiger partial charge in [-0.25, -0.2) is 18.3 Å². The summed E-state index contributed by atoms with van der Waals surface area (Å²) < 4.78 is 15.9. The summed E-state index contributed by atoms with van der Waals surface area (Å²) in [6.45, 7) is 4.22. The summed E-state index contributed by atoms with van der Waals surface area (Å²) in [5.41, 5.74) is 3.34. The normalized spacial score (nSPS) is 11.1. The van der Waals surface area contributed by atoms with E-state index in [0.29, 0.717) is 29.5 Å².